The highest BCUT2D eigenvalue weighted by Crippen LogP contribution is 2.33. The summed E-state index contributed by atoms with van der Waals surface area (Å²) in [5, 5.41) is 0. The molecule has 0 saturated heterocycles. The second kappa shape index (κ2) is 8.31. The number of rotatable bonds is 6. The second-order valence-electron chi connectivity index (χ2n) is 7.64. The number of nitrogens with zero attached hydrogens (tertiary/aromatic N) is 3. The Bertz CT molecular complexity index is 1510. The number of fused-ring (bicyclic) bond motifs is 3. The second-order valence-corrected chi connectivity index (χ2v) is 7.64. The smallest absolute Gasteiger partial charge is 0.215 e. The Kier molecular flexibility index (Phi) is 5.18. The molecule has 5 rings (SSSR count). The van der Waals surface area contributed by atoms with Crippen molar-refractivity contribution in [2.24, 2.45) is 7.05 Å². The number of hydrogen-bond acceptors (Lipinski definition) is 4. The van der Waals surface area contributed by atoms with E-state index in [1.807, 2.05) is 88.8 Å². The predicted octanol–water partition coefficient (Wildman–Crippen LogP) is 5.41. The molecule has 0 bridgehead atoms. The number of allylic oxidation sites excluding steroid dienone is 1. The first-order chi connectivity index (χ1) is 16.1. The lowest BCUT2D eigenvalue weighted by molar-refractivity contribution is 0.104. The molecule has 164 valence electrons. The molecule has 0 aliphatic rings. The fourth-order valence-electron chi connectivity index (χ4n) is 4.22. The maximum atomic E-state index is 13.7. The number of aryl methyl sites for hydroxylation is 1. The lowest BCUT2D eigenvalue weighted by Gasteiger charge is -2.09. The highest BCUT2D eigenvalue weighted by molar-refractivity contribution is 6.11. The molecule has 0 atom stereocenters. The van der Waals surface area contributed by atoms with Crippen molar-refractivity contribution in [3.05, 3.63) is 90.1 Å². The molecule has 6 nitrogen and oxygen atoms in total. The quantitative estimate of drug-likeness (QED) is 0.263. The van der Waals surface area contributed by atoms with E-state index in [0.717, 1.165) is 22.2 Å². The Morgan fingerprint density at radius 1 is 0.879 bits per heavy atom. The number of ether oxygens (including phenoxy) is 2. The Hall–Kier alpha value is -4.32. The molecule has 0 saturated carbocycles. The molecule has 0 radical (unpaired) electrons. The summed E-state index contributed by atoms with van der Waals surface area (Å²) < 4.78 is 14.8. The van der Waals surface area contributed by atoms with Gasteiger partial charge in [-0.3, -0.25) is 9.20 Å². The van der Waals surface area contributed by atoms with Crippen LogP contribution in [0.5, 0.6) is 11.5 Å². The summed E-state index contributed by atoms with van der Waals surface area (Å²) in [6.07, 6.45) is 3.32. The van der Waals surface area contributed by atoms with E-state index in [9.17, 15) is 4.79 Å². The topological polar surface area (TPSA) is 57.8 Å². The molecule has 3 aromatic carbocycles. The van der Waals surface area contributed by atoms with Crippen molar-refractivity contribution in [3.8, 4) is 22.8 Å². The van der Waals surface area contributed by atoms with Crippen molar-refractivity contribution in [2.45, 2.75) is 0 Å². The SMILES string of the molecule is COc1cccc(/C=C/C(=O)c2c(-c3ccccc3)nc3n(C)c4ccccc4n23)c1OC. The fourth-order valence-corrected chi connectivity index (χ4v) is 4.22. The van der Waals surface area contributed by atoms with Crippen LogP contribution in [0.3, 0.4) is 0 Å². The highest BCUT2D eigenvalue weighted by atomic mass is 16.5. The van der Waals surface area contributed by atoms with Crippen LogP contribution >= 0.6 is 0 Å². The lowest BCUT2D eigenvalue weighted by Crippen LogP contribution is -2.02. The molecule has 0 N–H and O–H groups in total. The zero-order valence-electron chi connectivity index (χ0n) is 18.6. The molecule has 0 aliphatic heterocycles. The first kappa shape index (κ1) is 20.6. The van der Waals surface area contributed by atoms with Gasteiger partial charge in [0, 0.05) is 18.2 Å². The average Bonchev–Trinajstić information content (AvgIpc) is 3.39. The van der Waals surface area contributed by atoms with Gasteiger partial charge in [0.05, 0.1) is 25.3 Å². The van der Waals surface area contributed by atoms with Crippen molar-refractivity contribution in [1.29, 1.82) is 0 Å². The molecule has 2 heterocycles. The van der Waals surface area contributed by atoms with Crippen molar-refractivity contribution in [1.82, 2.24) is 14.0 Å². The maximum Gasteiger partial charge on any atom is 0.215 e. The van der Waals surface area contributed by atoms with Crippen LogP contribution < -0.4 is 9.47 Å². The molecule has 0 fully saturated rings. The van der Waals surface area contributed by atoms with Gasteiger partial charge < -0.3 is 14.0 Å². The fraction of sp³-hybridized carbons (Fsp3) is 0.111. The van der Waals surface area contributed by atoms with E-state index in [2.05, 4.69) is 0 Å². The number of aromatic nitrogens is 3. The van der Waals surface area contributed by atoms with Gasteiger partial charge in [0.15, 0.2) is 11.5 Å². The third-order valence-electron chi connectivity index (χ3n) is 5.77. The monoisotopic (exact) mass is 437 g/mol. The van der Waals surface area contributed by atoms with Crippen LogP contribution in [0, 0.1) is 0 Å². The van der Waals surface area contributed by atoms with Crippen LogP contribution in [-0.4, -0.2) is 34.0 Å². The summed E-state index contributed by atoms with van der Waals surface area (Å²) >= 11 is 0. The number of carbonyl (C=O) groups is 1. The van der Waals surface area contributed by atoms with Gasteiger partial charge in [-0.25, -0.2) is 4.98 Å². The van der Waals surface area contributed by atoms with Crippen molar-refractivity contribution >= 4 is 28.7 Å². The van der Waals surface area contributed by atoms with Crippen molar-refractivity contribution in [2.75, 3.05) is 14.2 Å². The number of benzene rings is 3. The number of para-hydroxylation sites is 3. The number of methoxy groups -OCH3 is 2. The Labute approximate surface area is 191 Å². The van der Waals surface area contributed by atoms with Crippen LogP contribution in [0.2, 0.25) is 0 Å². The highest BCUT2D eigenvalue weighted by Gasteiger charge is 2.23. The van der Waals surface area contributed by atoms with E-state index in [0.29, 0.717) is 28.7 Å². The predicted molar refractivity (Wildman–Crippen MR) is 130 cm³/mol. The zero-order chi connectivity index (χ0) is 22.9. The molecule has 0 aliphatic carbocycles. The first-order valence-corrected chi connectivity index (χ1v) is 10.6. The maximum absolute atomic E-state index is 13.7. The summed E-state index contributed by atoms with van der Waals surface area (Å²) in [4.78, 5) is 18.5. The van der Waals surface area contributed by atoms with Crippen molar-refractivity contribution in [3.63, 3.8) is 0 Å². The first-order valence-electron chi connectivity index (χ1n) is 10.6. The molecular formula is C27H23N3O3. The summed E-state index contributed by atoms with van der Waals surface area (Å²) in [6.45, 7) is 0. The summed E-state index contributed by atoms with van der Waals surface area (Å²) in [5.74, 6) is 1.75. The number of ketones is 1. The van der Waals surface area contributed by atoms with E-state index in [1.54, 1.807) is 26.4 Å². The van der Waals surface area contributed by atoms with Crippen molar-refractivity contribution < 1.29 is 14.3 Å². The third-order valence-corrected chi connectivity index (χ3v) is 5.77. The Morgan fingerprint density at radius 3 is 2.33 bits per heavy atom. The van der Waals surface area contributed by atoms with Crippen LogP contribution in [0.4, 0.5) is 0 Å². The molecule has 0 spiro atoms. The molecule has 5 aromatic rings. The van der Waals surface area contributed by atoms with E-state index < -0.39 is 0 Å². The standard InChI is InChI=1S/C27H23N3O3/c1-29-20-13-7-8-14-21(20)30-25(24(28-27(29)30)18-10-5-4-6-11-18)22(31)17-16-19-12-9-15-23(32-2)26(19)33-3/h4-17H,1-3H3/b17-16+. The summed E-state index contributed by atoms with van der Waals surface area (Å²) in [7, 11) is 5.14. The van der Waals surface area contributed by atoms with Gasteiger partial charge in [-0.15, -0.1) is 0 Å². The normalized spacial score (nSPS) is 11.5. The largest absolute Gasteiger partial charge is 0.493 e. The number of carbonyl (C=O) groups excluding carboxylic acids is 1. The molecule has 2 aromatic heterocycles. The van der Waals surface area contributed by atoms with Crippen LogP contribution in [-0.2, 0) is 7.05 Å². The Morgan fingerprint density at radius 2 is 1.61 bits per heavy atom. The van der Waals surface area contributed by atoms with E-state index in [-0.39, 0.29) is 5.78 Å². The minimum Gasteiger partial charge on any atom is -0.493 e. The van der Waals surface area contributed by atoms with Crippen LogP contribution in [0.25, 0.3) is 34.1 Å². The minimum absolute atomic E-state index is 0.150. The summed E-state index contributed by atoms with van der Waals surface area (Å²) in [5.41, 5.74) is 4.75. The van der Waals surface area contributed by atoms with E-state index in [4.69, 9.17) is 14.5 Å². The van der Waals surface area contributed by atoms with E-state index >= 15 is 0 Å². The van der Waals surface area contributed by atoms with Gasteiger partial charge in [0.1, 0.15) is 11.4 Å². The van der Waals surface area contributed by atoms with Crippen LogP contribution in [0.15, 0.2) is 78.9 Å². The number of hydrogen-bond donors (Lipinski definition) is 0. The van der Waals surface area contributed by atoms with Crippen LogP contribution in [0.1, 0.15) is 16.1 Å². The third kappa shape index (κ3) is 3.36. The molecule has 6 heteroatoms. The molecule has 0 amide bonds. The van der Waals surface area contributed by atoms with E-state index in [1.165, 1.54) is 0 Å². The molecule has 0 unspecified atom stereocenters. The molecular weight excluding hydrogens is 414 g/mol. The Balaban J connectivity index is 1.71. The zero-order valence-corrected chi connectivity index (χ0v) is 18.6. The lowest BCUT2D eigenvalue weighted by atomic mass is 10.1. The number of imidazole rings is 2. The van der Waals surface area contributed by atoms with Gasteiger partial charge in [0.25, 0.3) is 0 Å². The van der Waals surface area contributed by atoms with Gasteiger partial charge >= 0.3 is 0 Å². The van der Waals surface area contributed by atoms with Gasteiger partial charge in [0.2, 0.25) is 11.6 Å². The van der Waals surface area contributed by atoms with Gasteiger partial charge in [-0.2, -0.15) is 0 Å². The van der Waals surface area contributed by atoms with Gasteiger partial charge in [-0.05, 0) is 30.4 Å². The van der Waals surface area contributed by atoms with Gasteiger partial charge in [-0.1, -0.05) is 54.6 Å². The molecule has 33 heavy (non-hydrogen) atoms. The summed E-state index contributed by atoms with van der Waals surface area (Å²) in [6, 6.07) is 23.3. The minimum atomic E-state index is -0.150. The average molecular weight is 437 g/mol.